The highest BCUT2D eigenvalue weighted by atomic mass is 35.5. The molecule has 1 rings (SSSR count). The Morgan fingerprint density at radius 2 is 2.19 bits per heavy atom. The number of nitrogens with one attached hydrogen (secondary N) is 1. The number of hydrogen-bond acceptors (Lipinski definition) is 6. The minimum absolute atomic E-state index is 0.0722. The van der Waals surface area contributed by atoms with Crippen LogP contribution in [0.5, 0.6) is 0 Å². The van der Waals surface area contributed by atoms with Gasteiger partial charge in [-0.25, -0.2) is 8.42 Å². The first-order chi connectivity index (χ1) is 9.53. The van der Waals surface area contributed by atoms with Gasteiger partial charge in [0.1, 0.15) is 9.75 Å². The van der Waals surface area contributed by atoms with Crippen molar-refractivity contribution in [3.8, 4) is 0 Å². The van der Waals surface area contributed by atoms with Gasteiger partial charge in [-0.3, -0.25) is 14.9 Å². The van der Waals surface area contributed by atoms with Gasteiger partial charge in [-0.2, -0.15) is 4.72 Å². The normalized spacial score (nSPS) is 14.6. The number of nitrogens with zero attached hydrogens (tertiary/aromatic N) is 1. The van der Waals surface area contributed by atoms with Crippen LogP contribution in [0.1, 0.15) is 26.7 Å². The maximum absolute atomic E-state index is 12.2. The number of thiophene rings is 1. The molecular weight excluding hydrogens is 344 g/mol. The van der Waals surface area contributed by atoms with Gasteiger partial charge in [0.05, 0.1) is 4.92 Å². The Kier molecular flexibility index (Phi) is 5.31. The van der Waals surface area contributed by atoms with Gasteiger partial charge in [0.2, 0.25) is 0 Å². The van der Waals surface area contributed by atoms with Crippen LogP contribution in [0.2, 0.25) is 4.34 Å². The third-order valence-corrected chi connectivity index (χ3v) is 6.10. The van der Waals surface area contributed by atoms with E-state index in [2.05, 4.69) is 4.72 Å². The molecular formula is C10H13ClN2O6S2. The van der Waals surface area contributed by atoms with Crippen molar-refractivity contribution in [2.24, 2.45) is 0 Å². The van der Waals surface area contributed by atoms with Crippen molar-refractivity contribution in [2.75, 3.05) is 0 Å². The Labute approximate surface area is 129 Å². The largest absolute Gasteiger partial charge is 0.480 e. The molecule has 0 saturated carbocycles. The molecule has 2 N–H and O–H groups in total. The highest BCUT2D eigenvalue weighted by Gasteiger charge is 2.38. The SMILES string of the molecule is CCCC(C)(NS(=O)(=O)c1cc([N+](=O)[O-])c(Cl)s1)C(=O)O. The fourth-order valence-electron chi connectivity index (χ4n) is 1.64. The number of sulfonamides is 1. The Balaban J connectivity index is 3.20. The summed E-state index contributed by atoms with van der Waals surface area (Å²) in [5.74, 6) is -1.33. The summed E-state index contributed by atoms with van der Waals surface area (Å²) in [7, 11) is -4.22. The molecule has 21 heavy (non-hydrogen) atoms. The summed E-state index contributed by atoms with van der Waals surface area (Å²) < 4.78 is 25.7. The summed E-state index contributed by atoms with van der Waals surface area (Å²) in [4.78, 5) is 21.1. The molecule has 0 fully saturated rings. The first-order valence-electron chi connectivity index (χ1n) is 5.74. The van der Waals surface area contributed by atoms with Crippen molar-refractivity contribution in [1.82, 2.24) is 4.72 Å². The zero-order valence-corrected chi connectivity index (χ0v) is 13.5. The van der Waals surface area contributed by atoms with Gasteiger partial charge in [-0.15, -0.1) is 11.3 Å². The summed E-state index contributed by atoms with van der Waals surface area (Å²) in [5.41, 5.74) is -2.23. The summed E-state index contributed by atoms with van der Waals surface area (Å²) in [5, 5.41) is 19.8. The van der Waals surface area contributed by atoms with Crippen LogP contribution in [0.25, 0.3) is 0 Å². The monoisotopic (exact) mass is 356 g/mol. The average Bonchev–Trinajstić information content (AvgIpc) is 2.71. The van der Waals surface area contributed by atoms with E-state index < -0.39 is 36.4 Å². The zero-order chi connectivity index (χ0) is 16.4. The molecule has 0 saturated heterocycles. The quantitative estimate of drug-likeness (QED) is 0.569. The number of carboxylic acid groups (broad SMARTS) is 1. The first kappa shape index (κ1) is 17.8. The number of aliphatic carboxylic acids is 1. The lowest BCUT2D eigenvalue weighted by Gasteiger charge is -2.24. The Morgan fingerprint density at radius 3 is 2.57 bits per heavy atom. The molecule has 118 valence electrons. The summed E-state index contributed by atoms with van der Waals surface area (Å²) in [6.07, 6.45) is 0.513. The topological polar surface area (TPSA) is 127 Å². The zero-order valence-electron chi connectivity index (χ0n) is 11.1. The van der Waals surface area contributed by atoms with Crippen LogP contribution in [-0.2, 0) is 14.8 Å². The predicted octanol–water partition coefficient (Wildman–Crippen LogP) is 2.23. The van der Waals surface area contributed by atoms with Crippen molar-refractivity contribution in [3.63, 3.8) is 0 Å². The third kappa shape index (κ3) is 3.90. The van der Waals surface area contributed by atoms with Crippen LogP contribution in [-0.4, -0.2) is 30.0 Å². The maximum Gasteiger partial charge on any atom is 0.324 e. The van der Waals surface area contributed by atoms with Gasteiger partial charge in [-0.05, 0) is 13.3 Å². The Bertz CT molecular complexity index is 671. The lowest BCUT2D eigenvalue weighted by molar-refractivity contribution is -0.384. The predicted molar refractivity (Wildman–Crippen MR) is 77.3 cm³/mol. The number of carbonyl (C=O) groups is 1. The van der Waals surface area contributed by atoms with Crippen molar-refractivity contribution in [2.45, 2.75) is 36.4 Å². The molecule has 0 spiro atoms. The Hall–Kier alpha value is -1.23. The van der Waals surface area contributed by atoms with E-state index >= 15 is 0 Å². The van der Waals surface area contributed by atoms with Crippen LogP contribution in [0.4, 0.5) is 5.69 Å². The molecule has 0 amide bonds. The van der Waals surface area contributed by atoms with E-state index in [9.17, 15) is 23.3 Å². The molecule has 1 unspecified atom stereocenters. The van der Waals surface area contributed by atoms with Gasteiger partial charge >= 0.3 is 5.97 Å². The van der Waals surface area contributed by atoms with Crippen LogP contribution in [0, 0.1) is 10.1 Å². The van der Waals surface area contributed by atoms with Gasteiger partial charge in [0.25, 0.3) is 15.7 Å². The molecule has 0 radical (unpaired) electrons. The van der Waals surface area contributed by atoms with E-state index in [-0.39, 0.29) is 10.8 Å². The van der Waals surface area contributed by atoms with Crippen LogP contribution in [0.3, 0.4) is 0 Å². The standard InChI is InChI=1S/C10H13ClN2O6S2/c1-3-4-10(2,9(14)15)12-21(18,19)7-5-6(13(16)17)8(11)20-7/h5,12H,3-4H2,1-2H3,(H,14,15). The molecule has 0 aliphatic carbocycles. The lowest BCUT2D eigenvalue weighted by atomic mass is 9.98. The van der Waals surface area contributed by atoms with E-state index in [1.807, 2.05) is 0 Å². The summed E-state index contributed by atoms with van der Waals surface area (Å²) in [6, 6.07) is 0.809. The van der Waals surface area contributed by atoms with Crippen LogP contribution >= 0.6 is 22.9 Å². The molecule has 0 aliphatic heterocycles. The number of hydrogen-bond donors (Lipinski definition) is 2. The summed E-state index contributed by atoms with van der Waals surface area (Å²) in [6.45, 7) is 2.95. The van der Waals surface area contributed by atoms with Crippen LogP contribution in [0.15, 0.2) is 10.3 Å². The molecule has 1 aromatic rings. The van der Waals surface area contributed by atoms with Gasteiger partial charge < -0.3 is 5.11 Å². The maximum atomic E-state index is 12.2. The second-order valence-corrected chi connectivity index (χ2v) is 8.04. The molecule has 1 heterocycles. The van der Waals surface area contributed by atoms with Crippen molar-refractivity contribution in [3.05, 3.63) is 20.5 Å². The van der Waals surface area contributed by atoms with E-state index in [1.165, 1.54) is 6.92 Å². The lowest BCUT2D eigenvalue weighted by Crippen LogP contribution is -2.51. The fourth-order valence-corrected chi connectivity index (χ4v) is 4.70. The van der Waals surface area contributed by atoms with Crippen molar-refractivity contribution in [1.29, 1.82) is 0 Å². The third-order valence-electron chi connectivity index (χ3n) is 2.69. The molecule has 8 nitrogen and oxygen atoms in total. The van der Waals surface area contributed by atoms with E-state index in [0.29, 0.717) is 17.8 Å². The molecule has 11 heteroatoms. The Morgan fingerprint density at radius 1 is 1.62 bits per heavy atom. The van der Waals surface area contributed by atoms with E-state index in [1.54, 1.807) is 6.92 Å². The minimum Gasteiger partial charge on any atom is -0.480 e. The fraction of sp³-hybridized carbons (Fsp3) is 0.500. The second kappa shape index (κ2) is 6.26. The number of nitro groups is 1. The van der Waals surface area contributed by atoms with Crippen LogP contribution < -0.4 is 4.72 Å². The number of carboxylic acids is 1. The van der Waals surface area contributed by atoms with Gasteiger partial charge in [0.15, 0.2) is 4.34 Å². The van der Waals surface area contributed by atoms with Gasteiger partial charge in [0, 0.05) is 6.07 Å². The van der Waals surface area contributed by atoms with E-state index in [4.69, 9.17) is 16.7 Å². The molecule has 1 aromatic heterocycles. The molecule has 1 atom stereocenters. The highest BCUT2D eigenvalue weighted by molar-refractivity contribution is 7.91. The molecule has 0 aromatic carbocycles. The number of halogens is 1. The van der Waals surface area contributed by atoms with E-state index in [0.717, 1.165) is 6.07 Å². The highest BCUT2D eigenvalue weighted by Crippen LogP contribution is 2.36. The van der Waals surface area contributed by atoms with Crippen molar-refractivity contribution >= 4 is 44.6 Å². The smallest absolute Gasteiger partial charge is 0.324 e. The number of rotatable bonds is 7. The van der Waals surface area contributed by atoms with Crippen molar-refractivity contribution < 1.29 is 23.2 Å². The second-order valence-electron chi connectivity index (χ2n) is 4.47. The minimum atomic E-state index is -4.22. The van der Waals surface area contributed by atoms with Gasteiger partial charge in [-0.1, -0.05) is 24.9 Å². The summed E-state index contributed by atoms with van der Waals surface area (Å²) >= 11 is 6.11. The average molecular weight is 357 g/mol. The molecule has 0 bridgehead atoms. The molecule has 0 aliphatic rings. The first-order valence-corrected chi connectivity index (χ1v) is 8.42.